The van der Waals surface area contributed by atoms with Crippen LogP contribution in [0.25, 0.3) is 155 Å². The highest BCUT2D eigenvalue weighted by molar-refractivity contribution is 6.15. The third-order valence-electron chi connectivity index (χ3n) is 24.8. The highest BCUT2D eigenvalue weighted by atomic mass is 16.3. The largest absolute Gasteiger partial charge is 0.455 e. The standard InChI is InChI=1S/C112H84N4O/c1-70-57-95(91-45-30-44-90-89-43-24-29-50-106(89)117-110(90)91)107(103(58-70)115-98-48-27-22-41-87(98)88-42-23-28-49-99(88)115)76-52-55-92-101(66-76)114(83-63-79(72-33-14-9-15-34-72)60-80(64-83)73-35-16-10-17-36-73)104-68-84(113-96-46-25-20-39-85(96)86-40-21-26-47-97(86)113)69-105-109(104)108(92)93-54-51-75(78-59-77(71-31-12-8-13-32-71)61-82(62-78)112(5,6)7)65-102(93)116(105)100-56-53-81(111(2,3)4)67-94(100)74-37-18-11-19-38-74/h8-69,108H,1-7H3. The highest BCUT2D eigenvalue weighted by Crippen LogP contribution is 2.64. The molecule has 0 radical (unpaired) electrons. The van der Waals surface area contributed by atoms with Gasteiger partial charge >= 0.3 is 0 Å². The molecule has 22 rings (SSSR count). The molecule has 0 amide bonds. The van der Waals surface area contributed by atoms with Crippen molar-refractivity contribution in [1.29, 1.82) is 0 Å². The van der Waals surface area contributed by atoms with Crippen LogP contribution in [0.4, 0.5) is 34.1 Å². The fraction of sp³-hybridized carbons (Fsp3) is 0.0893. The second kappa shape index (κ2) is 26.9. The maximum Gasteiger partial charge on any atom is 0.143 e. The monoisotopic (exact) mass is 1500 g/mol. The Morgan fingerprint density at radius 3 is 1.26 bits per heavy atom. The van der Waals surface area contributed by atoms with Gasteiger partial charge in [-0.3, -0.25) is 0 Å². The van der Waals surface area contributed by atoms with Gasteiger partial charge in [-0.15, -0.1) is 0 Å². The SMILES string of the molecule is Cc1cc(-c2cccc3c2oc2ccccc23)c(-c2ccc3c(c2)N(c2cc(-c4ccccc4)cc(-c4ccccc4)c2)c2cc(-n4c5ccccc5c5ccccc54)cc4c2C3c2ccc(-c3cc(-c5ccccc5)cc(C(C)(C)C)c3)cc2N4c2ccc(C(C)(C)C)cc2-c2ccccc2)c(-n2c3ccccc3c3ccccc32)c1. The molecule has 5 heterocycles. The van der Waals surface area contributed by atoms with Crippen LogP contribution in [0.1, 0.15) is 80.8 Å². The summed E-state index contributed by atoms with van der Waals surface area (Å²) in [5.41, 5.74) is 37.6. The third kappa shape index (κ3) is 11.4. The van der Waals surface area contributed by atoms with Crippen molar-refractivity contribution in [3.63, 3.8) is 0 Å². The van der Waals surface area contributed by atoms with Crippen molar-refractivity contribution in [2.75, 3.05) is 9.80 Å². The molecule has 0 aliphatic carbocycles. The van der Waals surface area contributed by atoms with Gasteiger partial charge in [0, 0.05) is 66.2 Å². The van der Waals surface area contributed by atoms with Gasteiger partial charge in [0.1, 0.15) is 11.2 Å². The van der Waals surface area contributed by atoms with Crippen molar-refractivity contribution in [2.45, 2.75) is 65.2 Å². The van der Waals surface area contributed by atoms with Gasteiger partial charge in [-0.05, 0) is 204 Å². The van der Waals surface area contributed by atoms with Crippen molar-refractivity contribution in [3.05, 3.63) is 409 Å². The molecule has 0 N–H and O–H groups in total. The lowest BCUT2D eigenvalue weighted by Crippen LogP contribution is -2.30. The predicted molar refractivity (Wildman–Crippen MR) is 493 cm³/mol. The Labute approximate surface area is 682 Å². The lowest BCUT2D eigenvalue weighted by molar-refractivity contribution is 0.590. The summed E-state index contributed by atoms with van der Waals surface area (Å²) in [7, 11) is 0. The fourth-order valence-electron chi connectivity index (χ4n) is 19.2. The Hall–Kier alpha value is -14.3. The van der Waals surface area contributed by atoms with Crippen LogP contribution in [0.15, 0.2) is 381 Å². The summed E-state index contributed by atoms with van der Waals surface area (Å²) in [6, 6.07) is 142. The van der Waals surface area contributed by atoms with E-state index in [1.54, 1.807) is 0 Å². The molecule has 2 aliphatic rings. The van der Waals surface area contributed by atoms with Crippen molar-refractivity contribution in [1.82, 2.24) is 9.13 Å². The molecule has 0 fully saturated rings. The van der Waals surface area contributed by atoms with Crippen LogP contribution in [0.3, 0.4) is 0 Å². The number of hydrogen-bond acceptors (Lipinski definition) is 3. The summed E-state index contributed by atoms with van der Waals surface area (Å²) in [6.45, 7) is 16.3. The number of para-hydroxylation sites is 6. The molecular formula is C112H84N4O. The van der Waals surface area contributed by atoms with E-state index in [9.17, 15) is 0 Å². The van der Waals surface area contributed by atoms with Crippen LogP contribution in [0, 0.1) is 6.92 Å². The summed E-state index contributed by atoms with van der Waals surface area (Å²) in [6.07, 6.45) is 0. The molecule has 0 saturated carbocycles. The molecule has 1 unspecified atom stereocenters. The van der Waals surface area contributed by atoms with Gasteiger partial charge in [0.05, 0.1) is 61.9 Å². The smallest absolute Gasteiger partial charge is 0.143 e. The third-order valence-corrected chi connectivity index (χ3v) is 24.8. The molecule has 5 nitrogen and oxygen atoms in total. The van der Waals surface area contributed by atoms with Gasteiger partial charge in [-0.2, -0.15) is 0 Å². The van der Waals surface area contributed by atoms with E-state index in [1.165, 1.54) is 66.1 Å². The molecule has 5 heteroatoms. The topological polar surface area (TPSA) is 29.5 Å². The van der Waals surface area contributed by atoms with Crippen molar-refractivity contribution in [3.8, 4) is 89.3 Å². The zero-order valence-corrected chi connectivity index (χ0v) is 66.6. The van der Waals surface area contributed by atoms with E-state index >= 15 is 0 Å². The highest BCUT2D eigenvalue weighted by Gasteiger charge is 2.44. The molecule has 558 valence electrons. The van der Waals surface area contributed by atoms with Gasteiger partial charge in [0.2, 0.25) is 0 Å². The first kappa shape index (κ1) is 69.5. The summed E-state index contributed by atoms with van der Waals surface area (Å²) >= 11 is 0. The predicted octanol–water partition coefficient (Wildman–Crippen LogP) is 31.1. The normalized spacial score (nSPS) is 13.3. The van der Waals surface area contributed by atoms with Gasteiger partial charge in [0.15, 0.2) is 0 Å². The van der Waals surface area contributed by atoms with Gasteiger partial charge in [-0.1, -0.05) is 321 Å². The van der Waals surface area contributed by atoms with Gasteiger partial charge < -0.3 is 23.4 Å². The van der Waals surface area contributed by atoms with E-state index in [1.807, 2.05) is 0 Å². The molecule has 0 bridgehead atoms. The van der Waals surface area contributed by atoms with Crippen LogP contribution in [0.5, 0.6) is 0 Å². The molecule has 17 aromatic carbocycles. The molecule has 117 heavy (non-hydrogen) atoms. The Morgan fingerprint density at radius 2 is 0.709 bits per heavy atom. The summed E-state index contributed by atoms with van der Waals surface area (Å²) in [4.78, 5) is 5.34. The van der Waals surface area contributed by atoms with Gasteiger partial charge in [-0.25, -0.2) is 0 Å². The second-order valence-corrected chi connectivity index (χ2v) is 34.0. The van der Waals surface area contributed by atoms with Crippen LogP contribution in [0.2, 0.25) is 0 Å². The first-order chi connectivity index (χ1) is 57.2. The number of benzene rings is 17. The minimum Gasteiger partial charge on any atom is -0.455 e. The Bertz CT molecular complexity index is 7250. The van der Waals surface area contributed by atoms with E-state index in [-0.39, 0.29) is 16.7 Å². The Balaban J connectivity index is 0.908. The minimum absolute atomic E-state index is 0.152. The Morgan fingerprint density at radius 1 is 0.256 bits per heavy atom. The van der Waals surface area contributed by atoms with Gasteiger partial charge in [0.25, 0.3) is 0 Å². The van der Waals surface area contributed by atoms with E-state index in [2.05, 4.69) is 444 Å². The lowest BCUT2D eigenvalue weighted by atomic mass is 9.74. The van der Waals surface area contributed by atoms with Crippen LogP contribution < -0.4 is 9.80 Å². The number of furan rings is 1. The fourth-order valence-corrected chi connectivity index (χ4v) is 19.2. The maximum atomic E-state index is 7.17. The number of rotatable bonds is 11. The van der Waals surface area contributed by atoms with E-state index in [0.717, 1.165) is 156 Å². The second-order valence-electron chi connectivity index (χ2n) is 34.0. The van der Waals surface area contributed by atoms with Crippen LogP contribution >= 0.6 is 0 Å². The van der Waals surface area contributed by atoms with E-state index < -0.39 is 0 Å². The zero-order valence-electron chi connectivity index (χ0n) is 66.6. The van der Waals surface area contributed by atoms with Crippen LogP contribution in [-0.2, 0) is 10.8 Å². The van der Waals surface area contributed by atoms with Crippen molar-refractivity contribution >= 4 is 99.7 Å². The summed E-state index contributed by atoms with van der Waals surface area (Å²) < 4.78 is 12.2. The number of hydrogen-bond donors (Lipinski definition) is 0. The summed E-state index contributed by atoms with van der Waals surface area (Å²) in [5, 5.41) is 6.96. The number of nitrogens with zero attached hydrogens (tertiary/aromatic N) is 4. The lowest BCUT2D eigenvalue weighted by Gasteiger charge is -2.46. The molecule has 2 aliphatic heterocycles. The number of anilines is 6. The molecule has 0 saturated heterocycles. The Kier molecular flexibility index (Phi) is 16.0. The zero-order chi connectivity index (χ0) is 78.5. The molecule has 1 atom stereocenters. The molecular weight excluding hydrogens is 1420 g/mol. The maximum absolute atomic E-state index is 7.17. The first-order valence-corrected chi connectivity index (χ1v) is 41.0. The number of aromatic nitrogens is 2. The van der Waals surface area contributed by atoms with Crippen molar-refractivity contribution < 1.29 is 4.42 Å². The van der Waals surface area contributed by atoms with E-state index in [4.69, 9.17) is 4.42 Å². The summed E-state index contributed by atoms with van der Waals surface area (Å²) in [5.74, 6) is -0.304. The number of fused-ring (bicyclic) bond motifs is 13. The van der Waals surface area contributed by atoms with Crippen LogP contribution in [-0.4, -0.2) is 9.13 Å². The molecule has 20 aromatic rings. The minimum atomic E-state index is -0.304. The average molecular weight is 1500 g/mol. The average Bonchev–Trinajstić information content (AvgIpc) is 1.32. The van der Waals surface area contributed by atoms with Crippen molar-refractivity contribution in [2.24, 2.45) is 0 Å². The molecule has 3 aromatic heterocycles. The first-order valence-electron chi connectivity index (χ1n) is 41.0. The van der Waals surface area contributed by atoms with E-state index in [0.29, 0.717) is 0 Å². The number of aryl methyl sites for hydroxylation is 1. The quantitative estimate of drug-likeness (QED) is 0.129. The molecule has 0 spiro atoms.